The molecule has 5 N–H and O–H groups in total. The van der Waals surface area contributed by atoms with E-state index in [9.17, 15) is 0 Å². The quantitative estimate of drug-likeness (QED) is 0.289. The number of rotatable bonds is 2. The van der Waals surface area contributed by atoms with Crippen molar-refractivity contribution in [2.45, 2.75) is 0 Å². The molecule has 0 unspecified atom stereocenters. The molecule has 0 aromatic carbocycles. The lowest BCUT2D eigenvalue weighted by molar-refractivity contribution is 0.952. The van der Waals surface area contributed by atoms with Crippen molar-refractivity contribution in [3.63, 3.8) is 0 Å². The van der Waals surface area contributed by atoms with E-state index in [1.165, 1.54) is 0 Å². The Bertz CT molecular complexity index is 229. The second kappa shape index (κ2) is 3.46. The molecule has 0 heterocycles. The molecule has 4 heteroatoms. The molecule has 0 aromatic heterocycles. The first-order valence-corrected chi connectivity index (χ1v) is 3.18. The van der Waals surface area contributed by atoms with Crippen LogP contribution in [0.2, 0.25) is 0 Å². The molecule has 0 radical (unpaired) electrons. The molecule has 0 aromatic rings. The van der Waals surface area contributed by atoms with Crippen molar-refractivity contribution < 1.29 is 0 Å². The summed E-state index contributed by atoms with van der Waals surface area (Å²) in [6, 6.07) is 0. The second-order valence-electron chi connectivity index (χ2n) is 2.03. The third kappa shape index (κ3) is 2.57. The second-order valence-corrected chi connectivity index (χ2v) is 2.03. The average Bonchev–Trinajstić information content (AvgIpc) is 2.39. The molecule has 4 nitrogen and oxygen atoms in total. The van der Waals surface area contributed by atoms with Gasteiger partial charge in [-0.3, -0.25) is 5.43 Å². The zero-order valence-corrected chi connectivity index (χ0v) is 5.99. The smallest absolute Gasteiger partial charge is 0.208 e. The van der Waals surface area contributed by atoms with Crippen molar-refractivity contribution in [1.82, 2.24) is 5.43 Å². The maximum Gasteiger partial charge on any atom is 0.208 e. The maximum absolute atomic E-state index is 5.08. The highest BCUT2D eigenvalue weighted by atomic mass is 15.3. The highest BCUT2D eigenvalue weighted by Gasteiger charge is 1.88. The Balaban J connectivity index is 2.42. The van der Waals surface area contributed by atoms with Gasteiger partial charge in [-0.15, -0.1) is 5.10 Å². The predicted molar refractivity (Wildman–Crippen MR) is 45.3 cm³/mol. The number of guanidine groups is 1. The Labute approximate surface area is 64.9 Å². The maximum atomic E-state index is 5.08. The van der Waals surface area contributed by atoms with Crippen LogP contribution in [-0.2, 0) is 0 Å². The van der Waals surface area contributed by atoms with E-state index in [1.54, 1.807) is 6.20 Å². The molecule has 0 saturated heterocycles. The van der Waals surface area contributed by atoms with Crippen molar-refractivity contribution in [2.75, 3.05) is 0 Å². The number of hydrogen-bond acceptors (Lipinski definition) is 2. The first-order valence-electron chi connectivity index (χ1n) is 3.18. The molecule has 0 fully saturated rings. The highest BCUT2D eigenvalue weighted by molar-refractivity contribution is 5.75. The minimum absolute atomic E-state index is 0.0211. The van der Waals surface area contributed by atoms with E-state index in [2.05, 4.69) is 10.5 Å². The van der Waals surface area contributed by atoms with Crippen LogP contribution in [0.4, 0.5) is 0 Å². The zero-order valence-electron chi connectivity index (χ0n) is 5.99. The van der Waals surface area contributed by atoms with Crippen LogP contribution in [0.25, 0.3) is 0 Å². The molecule has 0 bridgehead atoms. The molecule has 1 rings (SSSR count). The summed E-state index contributed by atoms with van der Waals surface area (Å²) in [4.78, 5) is 0. The normalized spacial score (nSPS) is 13.3. The molecule has 11 heavy (non-hydrogen) atoms. The number of nitrogens with one attached hydrogen (secondary N) is 1. The molecule has 0 amide bonds. The molecule has 0 saturated carbocycles. The number of nitrogens with zero attached hydrogens (tertiary/aromatic N) is 1. The summed E-state index contributed by atoms with van der Waals surface area (Å²) in [7, 11) is 0. The Morgan fingerprint density at radius 1 is 1.36 bits per heavy atom. The van der Waals surface area contributed by atoms with Crippen LogP contribution in [0.5, 0.6) is 0 Å². The minimum atomic E-state index is 0.0211. The fourth-order valence-corrected chi connectivity index (χ4v) is 0.666. The van der Waals surface area contributed by atoms with Gasteiger partial charge in [0.05, 0.1) is 0 Å². The Morgan fingerprint density at radius 2 is 2.00 bits per heavy atom. The van der Waals surface area contributed by atoms with Gasteiger partial charge in [0, 0.05) is 6.20 Å². The molecular formula is C7H10N4. The molecular weight excluding hydrogens is 140 g/mol. The minimum Gasteiger partial charge on any atom is -0.369 e. The van der Waals surface area contributed by atoms with E-state index in [0.717, 1.165) is 5.57 Å². The first-order chi connectivity index (χ1) is 5.29. The topological polar surface area (TPSA) is 76.4 Å². The van der Waals surface area contributed by atoms with Gasteiger partial charge >= 0.3 is 0 Å². The third-order valence-electron chi connectivity index (χ3n) is 1.11. The number of nitrogens with two attached hydrogens (primary N) is 2. The van der Waals surface area contributed by atoms with Crippen LogP contribution in [-0.4, -0.2) is 5.96 Å². The van der Waals surface area contributed by atoms with Gasteiger partial charge in [0.2, 0.25) is 5.96 Å². The summed E-state index contributed by atoms with van der Waals surface area (Å²) < 4.78 is 0. The lowest BCUT2D eigenvalue weighted by Crippen LogP contribution is -2.25. The highest BCUT2D eigenvalue weighted by Crippen LogP contribution is 2.04. The van der Waals surface area contributed by atoms with Gasteiger partial charge < -0.3 is 11.5 Å². The number of hydrogen-bond donors (Lipinski definition) is 3. The SMILES string of the molecule is NC(N)=NNC=C1C=CC=C1. The summed E-state index contributed by atoms with van der Waals surface area (Å²) in [5.41, 5.74) is 13.8. The van der Waals surface area contributed by atoms with Crippen LogP contribution < -0.4 is 16.9 Å². The zero-order chi connectivity index (χ0) is 8.10. The molecule has 1 aliphatic carbocycles. The van der Waals surface area contributed by atoms with Gasteiger partial charge in [-0.2, -0.15) is 0 Å². The molecule has 0 aliphatic heterocycles. The fourth-order valence-electron chi connectivity index (χ4n) is 0.666. The first kappa shape index (κ1) is 7.40. The molecule has 0 atom stereocenters. The standard InChI is InChI=1S/C7H10N4/c8-7(9)11-10-5-6-3-1-2-4-6/h1-5,10H,(H4,8,9,11). The Kier molecular flexibility index (Phi) is 2.32. The lowest BCUT2D eigenvalue weighted by Gasteiger charge is -1.92. The number of hydrazone groups is 1. The van der Waals surface area contributed by atoms with Crippen molar-refractivity contribution in [1.29, 1.82) is 0 Å². The van der Waals surface area contributed by atoms with E-state index in [0.29, 0.717) is 0 Å². The largest absolute Gasteiger partial charge is 0.369 e. The van der Waals surface area contributed by atoms with E-state index >= 15 is 0 Å². The van der Waals surface area contributed by atoms with Crippen LogP contribution in [0.15, 0.2) is 41.2 Å². The van der Waals surface area contributed by atoms with Crippen LogP contribution in [0, 0.1) is 0 Å². The summed E-state index contributed by atoms with van der Waals surface area (Å²) in [5.74, 6) is 0.0211. The van der Waals surface area contributed by atoms with Crippen molar-refractivity contribution >= 4 is 5.96 Å². The van der Waals surface area contributed by atoms with Crippen molar-refractivity contribution in [3.8, 4) is 0 Å². The Hall–Kier alpha value is -1.71. The average molecular weight is 150 g/mol. The van der Waals surface area contributed by atoms with Gasteiger partial charge in [0.15, 0.2) is 0 Å². The molecule has 58 valence electrons. The van der Waals surface area contributed by atoms with E-state index in [1.807, 2.05) is 24.3 Å². The third-order valence-corrected chi connectivity index (χ3v) is 1.11. The predicted octanol–water partition coefficient (Wildman–Crippen LogP) is -0.226. The Morgan fingerprint density at radius 3 is 2.55 bits per heavy atom. The molecule has 0 spiro atoms. The van der Waals surface area contributed by atoms with Gasteiger partial charge in [-0.25, -0.2) is 0 Å². The van der Waals surface area contributed by atoms with Crippen LogP contribution >= 0.6 is 0 Å². The molecule has 1 aliphatic rings. The monoisotopic (exact) mass is 150 g/mol. The van der Waals surface area contributed by atoms with Crippen LogP contribution in [0.3, 0.4) is 0 Å². The van der Waals surface area contributed by atoms with Gasteiger partial charge in [-0.05, 0) is 5.57 Å². The van der Waals surface area contributed by atoms with E-state index in [4.69, 9.17) is 11.5 Å². The summed E-state index contributed by atoms with van der Waals surface area (Å²) in [6.45, 7) is 0. The van der Waals surface area contributed by atoms with Gasteiger partial charge in [0.25, 0.3) is 0 Å². The van der Waals surface area contributed by atoms with Crippen LogP contribution in [0.1, 0.15) is 0 Å². The summed E-state index contributed by atoms with van der Waals surface area (Å²) in [5, 5.41) is 3.57. The lowest BCUT2D eigenvalue weighted by atomic mass is 10.3. The fraction of sp³-hybridized carbons (Fsp3) is 0. The summed E-state index contributed by atoms with van der Waals surface area (Å²) in [6.07, 6.45) is 9.45. The van der Waals surface area contributed by atoms with Gasteiger partial charge in [0.1, 0.15) is 0 Å². The van der Waals surface area contributed by atoms with E-state index < -0.39 is 0 Å². The van der Waals surface area contributed by atoms with Crippen molar-refractivity contribution in [3.05, 3.63) is 36.1 Å². The van der Waals surface area contributed by atoms with Gasteiger partial charge in [-0.1, -0.05) is 24.3 Å². The van der Waals surface area contributed by atoms with E-state index in [-0.39, 0.29) is 5.96 Å². The summed E-state index contributed by atoms with van der Waals surface area (Å²) >= 11 is 0. The number of allylic oxidation sites excluding steroid dienone is 5. The van der Waals surface area contributed by atoms with Crippen molar-refractivity contribution in [2.24, 2.45) is 16.6 Å².